The van der Waals surface area contributed by atoms with Crippen LogP contribution in [0.5, 0.6) is 0 Å². The second-order valence-electron chi connectivity index (χ2n) is 6.49. The van der Waals surface area contributed by atoms with E-state index in [9.17, 15) is 9.59 Å². The molecule has 24 heavy (non-hydrogen) atoms. The van der Waals surface area contributed by atoms with Crippen molar-refractivity contribution in [1.29, 1.82) is 0 Å². The molecule has 126 valence electrons. The van der Waals surface area contributed by atoms with Crippen molar-refractivity contribution in [2.75, 3.05) is 0 Å². The highest BCUT2D eigenvalue weighted by molar-refractivity contribution is 5.92. The summed E-state index contributed by atoms with van der Waals surface area (Å²) in [4.78, 5) is 23.9. The lowest BCUT2D eigenvalue weighted by atomic mass is 9.80. The van der Waals surface area contributed by atoms with Crippen LogP contribution in [0.3, 0.4) is 0 Å². The van der Waals surface area contributed by atoms with E-state index < -0.39 is 0 Å². The highest BCUT2D eigenvalue weighted by Gasteiger charge is 2.27. The number of aryl methyl sites for hydroxylation is 1. The van der Waals surface area contributed by atoms with Crippen molar-refractivity contribution in [3.8, 4) is 0 Å². The third-order valence-electron chi connectivity index (χ3n) is 4.76. The Morgan fingerprint density at radius 1 is 1.17 bits per heavy atom. The minimum Gasteiger partial charge on any atom is -0.348 e. The number of rotatable bonds is 4. The van der Waals surface area contributed by atoms with Gasteiger partial charge in [0, 0.05) is 19.2 Å². The molecule has 1 aliphatic rings. The van der Waals surface area contributed by atoms with Crippen LogP contribution in [0.1, 0.15) is 41.7 Å². The van der Waals surface area contributed by atoms with E-state index in [1.807, 2.05) is 6.07 Å². The highest BCUT2D eigenvalue weighted by Crippen LogP contribution is 2.27. The van der Waals surface area contributed by atoms with E-state index in [1.54, 1.807) is 7.05 Å². The van der Waals surface area contributed by atoms with E-state index in [0.29, 0.717) is 11.6 Å². The van der Waals surface area contributed by atoms with Crippen LogP contribution >= 0.6 is 0 Å². The zero-order chi connectivity index (χ0) is 16.9. The second kappa shape index (κ2) is 7.43. The lowest BCUT2D eigenvalue weighted by Gasteiger charge is -2.32. The van der Waals surface area contributed by atoms with E-state index in [4.69, 9.17) is 0 Å². The number of carbonyl (C=O) groups is 1. The predicted molar refractivity (Wildman–Crippen MR) is 92.8 cm³/mol. The number of benzene rings is 1. The Morgan fingerprint density at radius 3 is 2.67 bits per heavy atom. The smallest absolute Gasteiger partial charge is 0.271 e. The molecule has 0 bridgehead atoms. The molecule has 1 N–H and O–H groups in total. The van der Waals surface area contributed by atoms with Crippen molar-refractivity contribution in [1.82, 2.24) is 15.1 Å². The van der Waals surface area contributed by atoms with Gasteiger partial charge in [0.15, 0.2) is 0 Å². The predicted octanol–water partition coefficient (Wildman–Crippen LogP) is 2.31. The summed E-state index contributed by atoms with van der Waals surface area (Å²) >= 11 is 0. The van der Waals surface area contributed by atoms with Gasteiger partial charge >= 0.3 is 0 Å². The summed E-state index contributed by atoms with van der Waals surface area (Å²) in [5, 5.41) is 7.17. The quantitative estimate of drug-likeness (QED) is 0.938. The fourth-order valence-electron chi connectivity index (χ4n) is 3.42. The first-order valence-electron chi connectivity index (χ1n) is 8.52. The third kappa shape index (κ3) is 3.91. The van der Waals surface area contributed by atoms with Gasteiger partial charge in [-0.2, -0.15) is 5.10 Å². The molecule has 5 nitrogen and oxygen atoms in total. The maximum atomic E-state index is 12.5. The number of aromatic nitrogens is 2. The molecule has 0 unspecified atom stereocenters. The van der Waals surface area contributed by atoms with Crippen molar-refractivity contribution in [2.24, 2.45) is 13.0 Å². The Morgan fingerprint density at radius 2 is 1.92 bits per heavy atom. The molecule has 1 amide bonds. The van der Waals surface area contributed by atoms with Crippen molar-refractivity contribution in [3.05, 3.63) is 64.1 Å². The first kappa shape index (κ1) is 16.4. The van der Waals surface area contributed by atoms with Gasteiger partial charge in [-0.1, -0.05) is 43.2 Å². The molecule has 0 aliphatic heterocycles. The fourth-order valence-corrected chi connectivity index (χ4v) is 3.42. The van der Waals surface area contributed by atoms with Crippen molar-refractivity contribution in [2.45, 2.75) is 38.1 Å². The van der Waals surface area contributed by atoms with Crippen LogP contribution in [0.15, 0.2) is 47.3 Å². The lowest BCUT2D eigenvalue weighted by Crippen LogP contribution is -2.43. The maximum Gasteiger partial charge on any atom is 0.271 e. The molecule has 1 heterocycles. The van der Waals surface area contributed by atoms with E-state index in [1.165, 1.54) is 28.8 Å². The molecular weight excluding hydrogens is 302 g/mol. The summed E-state index contributed by atoms with van der Waals surface area (Å²) in [5.74, 6) is 0.244. The minimum atomic E-state index is -0.217. The largest absolute Gasteiger partial charge is 0.348 e. The number of nitrogens with one attached hydrogen (secondary N) is 1. The maximum absolute atomic E-state index is 12.5. The van der Waals surface area contributed by atoms with Gasteiger partial charge in [-0.15, -0.1) is 0 Å². The average molecular weight is 325 g/mol. The molecule has 2 atom stereocenters. The molecule has 1 aromatic carbocycles. The molecule has 5 heteroatoms. The van der Waals surface area contributed by atoms with E-state index >= 15 is 0 Å². The first-order valence-corrected chi connectivity index (χ1v) is 8.52. The topological polar surface area (TPSA) is 64.0 Å². The molecule has 0 saturated heterocycles. The summed E-state index contributed by atoms with van der Waals surface area (Å²) in [6.07, 6.45) is 5.45. The van der Waals surface area contributed by atoms with Gasteiger partial charge in [0.05, 0.1) is 0 Å². The highest BCUT2D eigenvalue weighted by atomic mass is 16.2. The van der Waals surface area contributed by atoms with E-state index in [2.05, 4.69) is 34.7 Å². The molecule has 1 aromatic heterocycles. The lowest BCUT2D eigenvalue weighted by molar-refractivity contribution is 0.0898. The van der Waals surface area contributed by atoms with Gasteiger partial charge in [-0.25, -0.2) is 4.68 Å². The van der Waals surface area contributed by atoms with E-state index in [0.717, 1.165) is 25.7 Å². The molecular formula is C19H23N3O2. The summed E-state index contributed by atoms with van der Waals surface area (Å²) in [6.45, 7) is 0. The van der Waals surface area contributed by atoms with Crippen LogP contribution in [-0.4, -0.2) is 21.7 Å². The van der Waals surface area contributed by atoms with E-state index in [-0.39, 0.29) is 17.5 Å². The Kier molecular flexibility index (Phi) is 5.08. The Bertz CT molecular complexity index is 755. The summed E-state index contributed by atoms with van der Waals surface area (Å²) in [5.41, 5.74) is 1.39. The van der Waals surface area contributed by atoms with Crippen LogP contribution in [0.25, 0.3) is 0 Å². The number of carbonyl (C=O) groups excluding carboxylic acids is 1. The van der Waals surface area contributed by atoms with Crippen molar-refractivity contribution >= 4 is 5.91 Å². The summed E-state index contributed by atoms with van der Waals surface area (Å²) in [7, 11) is 1.55. The van der Waals surface area contributed by atoms with Crippen molar-refractivity contribution in [3.63, 3.8) is 0 Å². The zero-order valence-electron chi connectivity index (χ0n) is 13.9. The van der Waals surface area contributed by atoms with Gasteiger partial charge in [0.25, 0.3) is 11.5 Å². The zero-order valence-corrected chi connectivity index (χ0v) is 13.9. The molecule has 1 fully saturated rings. The Balaban J connectivity index is 1.70. The number of nitrogens with zero attached hydrogens (tertiary/aromatic N) is 2. The van der Waals surface area contributed by atoms with Crippen LogP contribution in [0, 0.1) is 5.92 Å². The molecule has 3 rings (SSSR count). The number of hydrogen-bond acceptors (Lipinski definition) is 3. The standard InChI is InChI=1S/C19H23N3O2/c1-22-18(23)12-11-17(21-22)19(24)20-16-10-6-5-9-15(16)13-14-7-3-2-4-8-14/h2-4,7-8,11-12,15-16H,5-6,9-10,13H2,1H3,(H,20,24)/t15-,16-/m1/s1. The van der Waals surface area contributed by atoms with Gasteiger partial charge in [-0.05, 0) is 36.8 Å². The molecule has 2 aromatic rings. The summed E-state index contributed by atoms with van der Waals surface area (Å²) in [6, 6.07) is 13.4. The van der Waals surface area contributed by atoms with Crippen LogP contribution in [-0.2, 0) is 13.5 Å². The average Bonchev–Trinajstić information content (AvgIpc) is 2.60. The van der Waals surface area contributed by atoms with Gasteiger partial charge < -0.3 is 5.32 Å². The number of amides is 1. The SMILES string of the molecule is Cn1nc(C(=O)N[C@@H]2CCCC[C@@H]2Cc2ccccc2)ccc1=O. The Hall–Kier alpha value is -2.43. The molecule has 1 saturated carbocycles. The van der Waals surface area contributed by atoms with Gasteiger partial charge in [0.2, 0.25) is 0 Å². The van der Waals surface area contributed by atoms with Crippen LogP contribution < -0.4 is 10.9 Å². The second-order valence-corrected chi connectivity index (χ2v) is 6.49. The summed E-state index contributed by atoms with van der Waals surface area (Å²) < 4.78 is 1.19. The minimum absolute atomic E-state index is 0.158. The van der Waals surface area contributed by atoms with Crippen LogP contribution in [0.2, 0.25) is 0 Å². The molecule has 0 radical (unpaired) electrons. The van der Waals surface area contributed by atoms with Crippen molar-refractivity contribution < 1.29 is 4.79 Å². The first-order chi connectivity index (χ1) is 11.6. The van der Waals surface area contributed by atoms with Gasteiger partial charge in [0.1, 0.15) is 5.69 Å². The third-order valence-corrected chi connectivity index (χ3v) is 4.76. The van der Waals surface area contributed by atoms with Crippen LogP contribution in [0.4, 0.5) is 0 Å². The molecule has 0 spiro atoms. The Labute approximate surface area is 141 Å². The fraction of sp³-hybridized carbons (Fsp3) is 0.421. The monoisotopic (exact) mass is 325 g/mol. The molecule has 1 aliphatic carbocycles. The number of hydrogen-bond donors (Lipinski definition) is 1. The van der Waals surface area contributed by atoms with Gasteiger partial charge in [-0.3, -0.25) is 9.59 Å². The normalized spacial score (nSPS) is 20.5.